The first-order valence-electron chi connectivity index (χ1n) is 8.54. The van der Waals surface area contributed by atoms with Crippen LogP contribution in [0, 0.1) is 5.82 Å². The molecule has 2 atom stereocenters. The molecule has 136 valence electrons. The number of carbonyl (C=O) groups is 1. The Labute approximate surface area is 164 Å². The van der Waals surface area contributed by atoms with Gasteiger partial charge in [-0.3, -0.25) is 10.1 Å². The molecule has 0 unspecified atom stereocenters. The molecular formula is C20H14Cl2FN3O. The first kappa shape index (κ1) is 16.8. The zero-order chi connectivity index (χ0) is 18.9. The molecule has 27 heavy (non-hydrogen) atoms. The fraction of sp³-hybridized carbons (Fsp3) is 0.200. The Hall–Kier alpha value is -2.30. The predicted molar refractivity (Wildman–Crippen MR) is 103 cm³/mol. The fourth-order valence-electron chi connectivity index (χ4n) is 4.24. The van der Waals surface area contributed by atoms with Crippen molar-refractivity contribution >= 4 is 40.0 Å². The zero-order valence-electron chi connectivity index (χ0n) is 14.2. The Balaban J connectivity index is 1.85. The summed E-state index contributed by atoms with van der Waals surface area (Å²) in [4.78, 5) is 16.5. The second-order valence-corrected chi connectivity index (χ2v) is 7.86. The van der Waals surface area contributed by atoms with Gasteiger partial charge in [0.1, 0.15) is 5.82 Å². The number of allylic oxidation sites excluding steroid dienone is 2. The van der Waals surface area contributed by atoms with Gasteiger partial charge < -0.3 is 10.3 Å². The van der Waals surface area contributed by atoms with Gasteiger partial charge in [-0.25, -0.2) is 4.39 Å². The molecule has 1 spiro atoms. The van der Waals surface area contributed by atoms with Crippen LogP contribution in [0.3, 0.4) is 0 Å². The fourth-order valence-corrected chi connectivity index (χ4v) is 4.52. The number of amides is 1. The van der Waals surface area contributed by atoms with E-state index < -0.39 is 11.4 Å². The van der Waals surface area contributed by atoms with Crippen LogP contribution in [0.15, 0.2) is 52.4 Å². The number of rotatable bonds is 0. The summed E-state index contributed by atoms with van der Waals surface area (Å²) in [7, 11) is 0. The molecule has 2 aliphatic heterocycles. The Morgan fingerprint density at radius 1 is 1.30 bits per heavy atom. The van der Waals surface area contributed by atoms with E-state index in [-0.39, 0.29) is 17.0 Å². The first-order valence-corrected chi connectivity index (χ1v) is 9.30. The molecular weight excluding hydrogens is 388 g/mol. The van der Waals surface area contributed by atoms with E-state index in [0.717, 1.165) is 16.5 Å². The molecule has 4 nitrogen and oxygen atoms in total. The van der Waals surface area contributed by atoms with E-state index in [9.17, 15) is 9.18 Å². The highest BCUT2D eigenvalue weighted by Crippen LogP contribution is 2.45. The van der Waals surface area contributed by atoms with Crippen molar-refractivity contribution in [2.75, 3.05) is 0 Å². The van der Waals surface area contributed by atoms with Gasteiger partial charge in [-0.15, -0.1) is 5.73 Å². The summed E-state index contributed by atoms with van der Waals surface area (Å²) < 4.78 is 14.1. The van der Waals surface area contributed by atoms with Crippen molar-refractivity contribution in [3.63, 3.8) is 0 Å². The van der Waals surface area contributed by atoms with E-state index in [1.165, 1.54) is 6.07 Å². The molecule has 1 aliphatic carbocycles. The van der Waals surface area contributed by atoms with Crippen LogP contribution in [0.2, 0.25) is 5.02 Å². The van der Waals surface area contributed by atoms with Gasteiger partial charge in [0.25, 0.3) is 5.91 Å². The molecule has 1 amide bonds. The van der Waals surface area contributed by atoms with Crippen molar-refractivity contribution in [1.82, 2.24) is 15.6 Å². The number of hydrogen-bond acceptors (Lipinski definition) is 2. The minimum atomic E-state index is -1.12. The highest BCUT2D eigenvalue weighted by molar-refractivity contribution is 6.31. The first-order chi connectivity index (χ1) is 12.9. The Morgan fingerprint density at radius 2 is 2.11 bits per heavy atom. The molecule has 3 heterocycles. The van der Waals surface area contributed by atoms with Crippen LogP contribution in [0.5, 0.6) is 0 Å². The van der Waals surface area contributed by atoms with Crippen LogP contribution in [0.25, 0.3) is 10.9 Å². The number of fused-ring (bicyclic) bond motifs is 5. The normalized spacial score (nSPS) is 26.3. The van der Waals surface area contributed by atoms with Gasteiger partial charge in [-0.05, 0) is 49.3 Å². The molecule has 5 rings (SSSR count). The van der Waals surface area contributed by atoms with E-state index in [1.54, 1.807) is 24.3 Å². The maximum atomic E-state index is 14.1. The monoisotopic (exact) mass is 401 g/mol. The average molecular weight is 402 g/mol. The minimum Gasteiger partial charge on any atom is -0.356 e. The lowest BCUT2D eigenvalue weighted by Gasteiger charge is -2.37. The molecule has 2 aromatic rings. The largest absolute Gasteiger partial charge is 0.356 e. The molecule has 1 aromatic heterocycles. The van der Waals surface area contributed by atoms with Crippen molar-refractivity contribution in [2.24, 2.45) is 0 Å². The number of aromatic nitrogens is 1. The number of H-pyrrole nitrogens is 1. The van der Waals surface area contributed by atoms with Crippen LogP contribution in [0.1, 0.15) is 18.2 Å². The molecule has 0 bridgehead atoms. The van der Waals surface area contributed by atoms with Crippen molar-refractivity contribution in [3.8, 4) is 0 Å². The van der Waals surface area contributed by atoms with Gasteiger partial charge >= 0.3 is 0 Å². The summed E-state index contributed by atoms with van der Waals surface area (Å²) in [5, 5.41) is 7.61. The van der Waals surface area contributed by atoms with E-state index in [2.05, 4.69) is 21.3 Å². The lowest BCUT2D eigenvalue weighted by Crippen LogP contribution is -2.57. The van der Waals surface area contributed by atoms with Crippen molar-refractivity contribution in [1.29, 1.82) is 0 Å². The van der Waals surface area contributed by atoms with E-state index >= 15 is 0 Å². The maximum Gasteiger partial charge on any atom is 0.255 e. The van der Waals surface area contributed by atoms with Crippen LogP contribution < -0.4 is 10.6 Å². The summed E-state index contributed by atoms with van der Waals surface area (Å²) in [6, 6.07) is 2.98. The molecule has 3 N–H and O–H groups in total. The quantitative estimate of drug-likeness (QED) is 0.585. The summed E-state index contributed by atoms with van der Waals surface area (Å²) >= 11 is 12.1. The van der Waals surface area contributed by atoms with Crippen LogP contribution in [0.4, 0.5) is 4.39 Å². The zero-order valence-corrected chi connectivity index (χ0v) is 15.7. The Bertz CT molecular complexity index is 1170. The summed E-state index contributed by atoms with van der Waals surface area (Å²) in [6.45, 7) is 2.00. The van der Waals surface area contributed by atoms with Crippen LogP contribution >= 0.6 is 23.2 Å². The molecule has 0 fully saturated rings. The van der Waals surface area contributed by atoms with E-state index in [4.69, 9.17) is 23.2 Å². The van der Waals surface area contributed by atoms with Gasteiger partial charge in [0.2, 0.25) is 0 Å². The number of nitrogens with one attached hydrogen (secondary N) is 3. The SMILES string of the molecule is C[C@H]1Cc2c([nH]c3cc(Cl)c(F)cc23)[C@@]2(N1)C(=O)NC1=C2C=C=C(Cl)C=C1. The summed E-state index contributed by atoms with van der Waals surface area (Å²) in [6.07, 6.45) is 5.83. The lowest BCUT2D eigenvalue weighted by atomic mass is 9.79. The number of benzene rings is 1. The molecule has 1 aromatic carbocycles. The third-order valence-corrected chi connectivity index (χ3v) is 5.85. The molecule has 0 radical (unpaired) electrons. The molecule has 3 aliphatic rings. The molecule has 7 heteroatoms. The van der Waals surface area contributed by atoms with Crippen LogP contribution in [-0.4, -0.2) is 16.9 Å². The highest BCUT2D eigenvalue weighted by atomic mass is 35.5. The standard InChI is InChI=1S/C20H14Cl2FN3O/c1-9-6-12-11-7-15(23)14(22)8-17(11)24-18(12)20(26-9)13-4-2-10(21)3-5-16(13)25-19(20)27/h3-5,7-9,24,26H,6H2,1H3,(H,25,27)/t9-,20+/m0/s1. The molecule has 0 saturated heterocycles. The summed E-state index contributed by atoms with van der Waals surface area (Å²) in [5.74, 6) is -0.673. The van der Waals surface area contributed by atoms with Gasteiger partial charge in [0.15, 0.2) is 5.54 Å². The summed E-state index contributed by atoms with van der Waals surface area (Å²) in [5.41, 5.74) is 5.57. The third kappa shape index (κ3) is 2.23. The van der Waals surface area contributed by atoms with Gasteiger partial charge in [0, 0.05) is 28.2 Å². The highest BCUT2D eigenvalue weighted by Gasteiger charge is 2.54. The van der Waals surface area contributed by atoms with Crippen molar-refractivity contribution in [3.05, 3.63) is 74.5 Å². The predicted octanol–water partition coefficient (Wildman–Crippen LogP) is 3.92. The second kappa shape index (κ2) is 5.60. The number of hydrogen-bond donors (Lipinski definition) is 3. The lowest BCUT2D eigenvalue weighted by molar-refractivity contribution is -0.125. The Kier molecular flexibility index (Phi) is 3.49. The number of halogens is 3. The number of aromatic amines is 1. The van der Waals surface area contributed by atoms with Gasteiger partial charge in [-0.2, -0.15) is 0 Å². The smallest absolute Gasteiger partial charge is 0.255 e. The van der Waals surface area contributed by atoms with E-state index in [1.807, 2.05) is 6.92 Å². The maximum absolute atomic E-state index is 14.1. The molecule has 0 saturated carbocycles. The second-order valence-electron chi connectivity index (χ2n) is 7.04. The van der Waals surface area contributed by atoms with E-state index in [0.29, 0.717) is 28.4 Å². The minimum absolute atomic E-state index is 0.00655. The van der Waals surface area contributed by atoms with Gasteiger partial charge in [-0.1, -0.05) is 23.2 Å². The third-order valence-electron chi connectivity index (χ3n) is 5.33. The Morgan fingerprint density at radius 3 is 2.93 bits per heavy atom. The van der Waals surface area contributed by atoms with Crippen molar-refractivity contribution < 1.29 is 9.18 Å². The topological polar surface area (TPSA) is 56.9 Å². The van der Waals surface area contributed by atoms with Gasteiger partial charge in [0.05, 0.1) is 15.7 Å². The van der Waals surface area contributed by atoms with Crippen LogP contribution in [-0.2, 0) is 16.8 Å². The number of carbonyl (C=O) groups excluding carboxylic acids is 1. The van der Waals surface area contributed by atoms with Crippen molar-refractivity contribution in [2.45, 2.75) is 24.9 Å². The average Bonchev–Trinajstić information content (AvgIpc) is 3.00.